The lowest BCUT2D eigenvalue weighted by molar-refractivity contribution is 0.598. The maximum absolute atomic E-state index is 3.46. The van der Waals surface area contributed by atoms with Crippen LogP contribution < -0.4 is 5.32 Å². The van der Waals surface area contributed by atoms with Crippen LogP contribution in [0.15, 0.2) is 28.7 Å². The van der Waals surface area contributed by atoms with Crippen LogP contribution >= 0.6 is 28.3 Å². The van der Waals surface area contributed by atoms with Gasteiger partial charge in [0, 0.05) is 11.0 Å². The smallest absolute Gasteiger partial charge is 0.0205 e. The van der Waals surface area contributed by atoms with Crippen molar-refractivity contribution in [2.24, 2.45) is 0 Å². The van der Waals surface area contributed by atoms with E-state index in [0.717, 1.165) is 17.6 Å². The van der Waals surface area contributed by atoms with Crippen LogP contribution in [-0.4, -0.2) is 6.54 Å². The van der Waals surface area contributed by atoms with Gasteiger partial charge in [0.05, 0.1) is 0 Å². The second-order valence-corrected chi connectivity index (χ2v) is 4.78. The fraction of sp³-hybridized carbons (Fsp3) is 0.538. The van der Waals surface area contributed by atoms with Crippen LogP contribution in [0.5, 0.6) is 0 Å². The third kappa shape index (κ3) is 7.26. The van der Waals surface area contributed by atoms with Gasteiger partial charge in [0.25, 0.3) is 0 Å². The first-order valence-corrected chi connectivity index (χ1v) is 6.57. The highest BCUT2D eigenvalue weighted by Gasteiger charge is 1.92. The predicted octanol–water partition coefficient (Wildman–Crippen LogP) is 4.54. The van der Waals surface area contributed by atoms with Crippen molar-refractivity contribution in [1.82, 2.24) is 5.32 Å². The number of nitrogens with one attached hydrogen (secondary N) is 1. The molecule has 3 heteroatoms. The molecule has 0 saturated heterocycles. The van der Waals surface area contributed by atoms with E-state index >= 15 is 0 Å². The lowest BCUT2D eigenvalue weighted by Gasteiger charge is -2.04. The van der Waals surface area contributed by atoms with Gasteiger partial charge in [0.15, 0.2) is 0 Å². The van der Waals surface area contributed by atoms with E-state index in [1.54, 1.807) is 0 Å². The Morgan fingerprint density at radius 3 is 2.38 bits per heavy atom. The monoisotopic (exact) mass is 305 g/mol. The van der Waals surface area contributed by atoms with Gasteiger partial charge in [-0.3, -0.25) is 0 Å². The van der Waals surface area contributed by atoms with Crippen molar-refractivity contribution in [3.63, 3.8) is 0 Å². The maximum atomic E-state index is 3.46. The summed E-state index contributed by atoms with van der Waals surface area (Å²) in [7, 11) is 0. The van der Waals surface area contributed by atoms with E-state index in [1.165, 1.54) is 31.2 Å². The van der Waals surface area contributed by atoms with Crippen LogP contribution in [0.1, 0.15) is 38.2 Å². The summed E-state index contributed by atoms with van der Waals surface area (Å²) < 4.78 is 1.15. The van der Waals surface area contributed by atoms with Gasteiger partial charge in [-0.2, -0.15) is 0 Å². The molecular formula is C13H21BrClN. The zero-order chi connectivity index (χ0) is 10.9. The molecular weight excluding hydrogens is 286 g/mol. The van der Waals surface area contributed by atoms with Crippen LogP contribution in [0.3, 0.4) is 0 Å². The minimum Gasteiger partial charge on any atom is -0.313 e. The highest BCUT2D eigenvalue weighted by atomic mass is 79.9. The van der Waals surface area contributed by atoms with Crippen LogP contribution in [0.2, 0.25) is 0 Å². The lowest BCUT2D eigenvalue weighted by Crippen LogP contribution is -2.14. The second kappa shape index (κ2) is 10.1. The molecule has 0 spiro atoms. The maximum Gasteiger partial charge on any atom is 0.0205 e. The Kier molecular flexibility index (Phi) is 10.1. The third-order valence-electron chi connectivity index (χ3n) is 2.45. The van der Waals surface area contributed by atoms with Crippen LogP contribution in [0.4, 0.5) is 0 Å². The van der Waals surface area contributed by atoms with Gasteiger partial charge in [-0.05, 0) is 30.7 Å². The van der Waals surface area contributed by atoms with E-state index < -0.39 is 0 Å². The molecule has 16 heavy (non-hydrogen) atoms. The average molecular weight is 307 g/mol. The Morgan fingerprint density at radius 1 is 1.06 bits per heavy atom. The van der Waals surface area contributed by atoms with Crippen LogP contribution in [0, 0.1) is 0 Å². The molecule has 0 saturated carbocycles. The molecule has 1 N–H and O–H groups in total. The van der Waals surface area contributed by atoms with E-state index in [1.807, 2.05) is 0 Å². The third-order valence-corrected chi connectivity index (χ3v) is 2.98. The molecule has 0 unspecified atom stereocenters. The van der Waals surface area contributed by atoms with Crippen LogP contribution in [0.25, 0.3) is 0 Å². The summed E-state index contributed by atoms with van der Waals surface area (Å²) >= 11 is 3.44. The van der Waals surface area contributed by atoms with Crippen molar-refractivity contribution < 1.29 is 0 Å². The molecule has 0 aliphatic heterocycles. The first-order valence-electron chi connectivity index (χ1n) is 5.78. The van der Waals surface area contributed by atoms with Crippen molar-refractivity contribution in [2.75, 3.05) is 6.54 Å². The molecule has 1 rings (SSSR count). The van der Waals surface area contributed by atoms with E-state index in [9.17, 15) is 0 Å². The molecule has 0 atom stereocenters. The van der Waals surface area contributed by atoms with Crippen molar-refractivity contribution in [2.45, 2.75) is 39.2 Å². The Hall–Kier alpha value is -0.0500. The summed E-state index contributed by atoms with van der Waals surface area (Å²) in [4.78, 5) is 0. The molecule has 1 aromatic rings. The zero-order valence-corrected chi connectivity index (χ0v) is 12.2. The Balaban J connectivity index is 0.00000225. The SMILES string of the molecule is CCCCCCNCc1ccc(Br)cc1.Cl. The van der Waals surface area contributed by atoms with E-state index in [4.69, 9.17) is 0 Å². The number of rotatable bonds is 7. The van der Waals surface area contributed by atoms with Gasteiger partial charge < -0.3 is 5.32 Å². The molecule has 0 bridgehead atoms. The van der Waals surface area contributed by atoms with Gasteiger partial charge in [-0.25, -0.2) is 0 Å². The Labute approximate surface area is 114 Å². The Morgan fingerprint density at radius 2 is 1.75 bits per heavy atom. The van der Waals surface area contributed by atoms with Crippen molar-refractivity contribution in [3.8, 4) is 0 Å². The van der Waals surface area contributed by atoms with Gasteiger partial charge in [0.2, 0.25) is 0 Å². The zero-order valence-electron chi connectivity index (χ0n) is 9.84. The van der Waals surface area contributed by atoms with E-state index in [0.29, 0.717) is 0 Å². The van der Waals surface area contributed by atoms with Gasteiger partial charge in [0.1, 0.15) is 0 Å². The molecule has 0 aliphatic carbocycles. The topological polar surface area (TPSA) is 12.0 Å². The number of benzene rings is 1. The van der Waals surface area contributed by atoms with Gasteiger partial charge in [-0.1, -0.05) is 54.2 Å². The normalized spacial score (nSPS) is 9.88. The number of hydrogen-bond acceptors (Lipinski definition) is 1. The highest BCUT2D eigenvalue weighted by Crippen LogP contribution is 2.10. The fourth-order valence-corrected chi connectivity index (χ4v) is 1.78. The molecule has 1 nitrogen and oxygen atoms in total. The molecule has 0 aromatic heterocycles. The summed E-state index contributed by atoms with van der Waals surface area (Å²) in [6.45, 7) is 4.37. The summed E-state index contributed by atoms with van der Waals surface area (Å²) in [5.74, 6) is 0. The summed E-state index contributed by atoms with van der Waals surface area (Å²) in [6, 6.07) is 8.49. The number of hydrogen-bond donors (Lipinski definition) is 1. The summed E-state index contributed by atoms with van der Waals surface area (Å²) in [5.41, 5.74) is 1.36. The summed E-state index contributed by atoms with van der Waals surface area (Å²) in [5, 5.41) is 3.46. The molecule has 0 radical (unpaired) electrons. The molecule has 0 amide bonds. The lowest BCUT2D eigenvalue weighted by atomic mass is 10.2. The van der Waals surface area contributed by atoms with Crippen molar-refractivity contribution in [3.05, 3.63) is 34.3 Å². The average Bonchev–Trinajstić information content (AvgIpc) is 2.26. The Bertz CT molecular complexity index is 261. The van der Waals surface area contributed by atoms with Crippen LogP contribution in [-0.2, 0) is 6.54 Å². The standard InChI is InChI=1S/C13H20BrN.ClH/c1-2-3-4-5-10-15-11-12-6-8-13(14)9-7-12;/h6-9,15H,2-5,10-11H2,1H3;1H. The van der Waals surface area contributed by atoms with Gasteiger partial charge in [-0.15, -0.1) is 12.4 Å². The van der Waals surface area contributed by atoms with Gasteiger partial charge >= 0.3 is 0 Å². The minimum absolute atomic E-state index is 0. The molecule has 0 aliphatic rings. The van der Waals surface area contributed by atoms with Crippen molar-refractivity contribution in [1.29, 1.82) is 0 Å². The first kappa shape index (κ1) is 16.0. The summed E-state index contributed by atoms with van der Waals surface area (Å²) in [6.07, 6.45) is 5.32. The predicted molar refractivity (Wildman–Crippen MR) is 77.2 cm³/mol. The van der Waals surface area contributed by atoms with E-state index in [2.05, 4.69) is 52.4 Å². The molecule has 92 valence electrons. The van der Waals surface area contributed by atoms with E-state index in [-0.39, 0.29) is 12.4 Å². The number of halogens is 2. The quantitative estimate of drug-likeness (QED) is 0.729. The van der Waals surface area contributed by atoms with Crippen molar-refractivity contribution >= 4 is 28.3 Å². The molecule has 1 aromatic carbocycles. The first-order chi connectivity index (χ1) is 7.33. The highest BCUT2D eigenvalue weighted by molar-refractivity contribution is 9.10. The number of unbranched alkanes of at least 4 members (excludes halogenated alkanes) is 3. The second-order valence-electron chi connectivity index (χ2n) is 3.86. The fourth-order valence-electron chi connectivity index (χ4n) is 1.51. The molecule has 0 heterocycles. The molecule has 0 fully saturated rings. The minimum atomic E-state index is 0. The largest absolute Gasteiger partial charge is 0.313 e.